The summed E-state index contributed by atoms with van der Waals surface area (Å²) in [6.07, 6.45) is 97.2. The molecule has 476 valence electrons. The van der Waals surface area contributed by atoms with Crippen molar-refractivity contribution in [2.24, 2.45) is 0 Å². The molecule has 6 nitrogen and oxygen atoms in total. The number of esters is 3. The second-order valence-electron chi connectivity index (χ2n) is 23.4. The van der Waals surface area contributed by atoms with Gasteiger partial charge in [0.1, 0.15) is 13.2 Å². The van der Waals surface area contributed by atoms with Crippen molar-refractivity contribution in [3.8, 4) is 0 Å². The Morgan fingerprint density at radius 1 is 0.265 bits per heavy atom. The molecule has 6 heteroatoms. The predicted octanol–water partition coefficient (Wildman–Crippen LogP) is 24.6. The third kappa shape index (κ3) is 68.7. The van der Waals surface area contributed by atoms with Gasteiger partial charge in [0.2, 0.25) is 0 Å². The molecule has 0 spiro atoms. The largest absolute Gasteiger partial charge is 0.462 e. The lowest BCUT2D eigenvalue weighted by atomic mass is 10.0. The third-order valence-corrected chi connectivity index (χ3v) is 15.3. The first kappa shape index (κ1) is 79.1. The molecule has 0 amide bonds. The molecule has 1 atom stereocenters. The summed E-state index contributed by atoms with van der Waals surface area (Å²) in [7, 11) is 0. The quantitative estimate of drug-likeness (QED) is 0.0261. The highest BCUT2D eigenvalue weighted by Crippen LogP contribution is 2.17. The van der Waals surface area contributed by atoms with Gasteiger partial charge in [-0.3, -0.25) is 14.4 Å². The average Bonchev–Trinajstić information content (AvgIpc) is 3.49. The Hall–Kier alpha value is -3.93. The van der Waals surface area contributed by atoms with Crippen molar-refractivity contribution >= 4 is 17.9 Å². The van der Waals surface area contributed by atoms with Crippen molar-refractivity contribution in [3.05, 3.63) is 109 Å². The van der Waals surface area contributed by atoms with Crippen LogP contribution in [-0.2, 0) is 28.6 Å². The minimum absolute atomic E-state index is 0.108. The normalized spacial score (nSPS) is 12.8. The van der Waals surface area contributed by atoms with E-state index in [0.717, 1.165) is 83.5 Å². The topological polar surface area (TPSA) is 78.9 Å². The van der Waals surface area contributed by atoms with Crippen LogP contribution >= 0.6 is 0 Å². The van der Waals surface area contributed by atoms with Crippen LogP contribution in [0.3, 0.4) is 0 Å². The van der Waals surface area contributed by atoms with Crippen molar-refractivity contribution < 1.29 is 28.6 Å². The van der Waals surface area contributed by atoms with Crippen molar-refractivity contribution in [1.82, 2.24) is 0 Å². The Morgan fingerprint density at radius 3 is 0.855 bits per heavy atom. The minimum Gasteiger partial charge on any atom is -0.462 e. The molecule has 0 bridgehead atoms. The van der Waals surface area contributed by atoms with E-state index in [9.17, 15) is 14.4 Å². The van der Waals surface area contributed by atoms with E-state index in [2.05, 4.69) is 118 Å². The fourth-order valence-corrected chi connectivity index (χ4v) is 9.99. The van der Waals surface area contributed by atoms with Crippen LogP contribution in [-0.4, -0.2) is 37.2 Å². The lowest BCUT2D eigenvalue weighted by Crippen LogP contribution is -2.30. The van der Waals surface area contributed by atoms with Crippen LogP contribution in [0.25, 0.3) is 0 Å². The first-order valence-electron chi connectivity index (χ1n) is 35.4. The van der Waals surface area contributed by atoms with Crippen molar-refractivity contribution in [2.45, 2.75) is 348 Å². The molecule has 0 fully saturated rings. The zero-order valence-electron chi connectivity index (χ0n) is 54.7. The number of allylic oxidation sites excluding steroid dienone is 17. The van der Waals surface area contributed by atoms with Gasteiger partial charge in [0.05, 0.1) is 6.42 Å². The van der Waals surface area contributed by atoms with E-state index in [1.54, 1.807) is 6.08 Å². The molecule has 0 radical (unpaired) electrons. The van der Waals surface area contributed by atoms with Gasteiger partial charge in [-0.05, 0) is 109 Å². The van der Waals surface area contributed by atoms with E-state index in [1.807, 2.05) is 6.08 Å². The zero-order chi connectivity index (χ0) is 59.9. The fourth-order valence-electron chi connectivity index (χ4n) is 9.99. The number of carbonyl (C=O) groups is 3. The fraction of sp³-hybridized carbons (Fsp3) is 0.727. The maximum Gasteiger partial charge on any atom is 0.309 e. The summed E-state index contributed by atoms with van der Waals surface area (Å²) in [5.41, 5.74) is 0. The van der Waals surface area contributed by atoms with Crippen molar-refractivity contribution in [1.29, 1.82) is 0 Å². The first-order valence-corrected chi connectivity index (χ1v) is 35.4. The first-order chi connectivity index (χ1) is 41.0. The molecule has 1 unspecified atom stereocenters. The van der Waals surface area contributed by atoms with Gasteiger partial charge in [0, 0.05) is 12.8 Å². The Morgan fingerprint density at radius 2 is 0.518 bits per heavy atom. The zero-order valence-corrected chi connectivity index (χ0v) is 54.7. The molecular formula is C77H132O6. The van der Waals surface area contributed by atoms with E-state index in [4.69, 9.17) is 14.2 Å². The molecular weight excluding hydrogens is 1020 g/mol. The molecule has 0 saturated heterocycles. The summed E-state index contributed by atoms with van der Waals surface area (Å²) < 4.78 is 16.9. The van der Waals surface area contributed by atoms with E-state index in [0.29, 0.717) is 12.8 Å². The van der Waals surface area contributed by atoms with Gasteiger partial charge >= 0.3 is 17.9 Å². The average molecular weight is 1150 g/mol. The summed E-state index contributed by atoms with van der Waals surface area (Å²) in [6.45, 7) is 6.46. The number of hydrogen-bond acceptors (Lipinski definition) is 6. The van der Waals surface area contributed by atoms with Crippen molar-refractivity contribution in [2.75, 3.05) is 13.2 Å². The lowest BCUT2D eigenvalue weighted by molar-refractivity contribution is -0.166. The molecule has 0 aliphatic rings. The molecule has 0 rings (SSSR count). The van der Waals surface area contributed by atoms with E-state index in [1.165, 1.54) is 218 Å². The van der Waals surface area contributed by atoms with Crippen LogP contribution in [0.4, 0.5) is 0 Å². The number of unbranched alkanes of at least 4 members (excludes halogenated alkanes) is 36. The molecule has 0 heterocycles. The summed E-state index contributed by atoms with van der Waals surface area (Å²) in [5.74, 6) is -1.03. The second-order valence-corrected chi connectivity index (χ2v) is 23.4. The summed E-state index contributed by atoms with van der Waals surface area (Å²) in [4.78, 5) is 38.4. The molecule has 0 N–H and O–H groups in total. The van der Waals surface area contributed by atoms with Crippen LogP contribution in [0.2, 0.25) is 0 Å². The Kier molecular flexibility index (Phi) is 67.2. The molecule has 0 aliphatic heterocycles. The van der Waals surface area contributed by atoms with Crippen LogP contribution in [0.1, 0.15) is 342 Å². The molecule has 0 aromatic rings. The third-order valence-electron chi connectivity index (χ3n) is 15.3. The van der Waals surface area contributed by atoms with Crippen LogP contribution in [0.5, 0.6) is 0 Å². The molecule has 0 saturated carbocycles. The minimum atomic E-state index is -0.822. The van der Waals surface area contributed by atoms with Gasteiger partial charge in [-0.25, -0.2) is 0 Å². The Balaban J connectivity index is 4.37. The van der Waals surface area contributed by atoms with Gasteiger partial charge in [0.25, 0.3) is 0 Å². The number of carbonyl (C=O) groups excluding carboxylic acids is 3. The number of hydrogen-bond donors (Lipinski definition) is 0. The van der Waals surface area contributed by atoms with Gasteiger partial charge in [-0.15, -0.1) is 0 Å². The smallest absolute Gasteiger partial charge is 0.309 e. The molecule has 0 aliphatic carbocycles. The number of rotatable bonds is 64. The standard InChI is InChI=1S/C77H132O6/c1-4-7-10-13-16-19-22-25-28-30-32-34-36-37-38-39-41-42-44-46-49-52-55-58-61-64-67-70-76(79)82-73-74(72-81-75(78)69-66-63-60-57-54-51-48-27-24-21-18-15-12-9-6-3)83-77(80)71-68-65-62-59-56-53-50-47-45-43-40-35-33-31-29-26-23-20-17-14-11-8-5-2/h9,12,18,21-22,25,27,30-33,36-37,48,54,57,63,66,74H,4-8,10-11,13-17,19-20,23-24,26,28-29,34-35,38-47,49-53,55-56,58-62,64-65,67-73H2,1-3H3/b12-9-,21-18-,25-22-,32-30-,33-31-,37-36-,48-27-,57-54-,66-63-. The van der Waals surface area contributed by atoms with Crippen LogP contribution in [0, 0.1) is 0 Å². The van der Waals surface area contributed by atoms with E-state index >= 15 is 0 Å². The lowest BCUT2D eigenvalue weighted by Gasteiger charge is -2.18. The summed E-state index contributed by atoms with van der Waals surface area (Å²) in [6, 6.07) is 0. The Labute approximate surface area is 514 Å². The van der Waals surface area contributed by atoms with E-state index < -0.39 is 12.1 Å². The molecule has 0 aromatic heterocycles. The predicted molar refractivity (Wildman–Crippen MR) is 362 cm³/mol. The molecule has 83 heavy (non-hydrogen) atoms. The van der Waals surface area contributed by atoms with E-state index in [-0.39, 0.29) is 31.6 Å². The molecule has 0 aromatic carbocycles. The maximum absolute atomic E-state index is 13.0. The van der Waals surface area contributed by atoms with Gasteiger partial charge in [0.15, 0.2) is 6.10 Å². The van der Waals surface area contributed by atoms with Crippen LogP contribution < -0.4 is 0 Å². The monoisotopic (exact) mass is 1150 g/mol. The van der Waals surface area contributed by atoms with Gasteiger partial charge in [-0.1, -0.05) is 323 Å². The number of ether oxygens (including phenoxy) is 3. The van der Waals surface area contributed by atoms with Crippen molar-refractivity contribution in [3.63, 3.8) is 0 Å². The van der Waals surface area contributed by atoms with Crippen LogP contribution in [0.15, 0.2) is 109 Å². The second kappa shape index (κ2) is 70.6. The Bertz CT molecular complexity index is 1660. The summed E-state index contributed by atoms with van der Waals surface area (Å²) >= 11 is 0. The SMILES string of the molecule is CC/C=C\C/C=C\C/C=C\C/C=C\C/C=C\CC(=O)OCC(COC(=O)CCCCCCCCCCCCCC/C=C\C/C=C\C/C=C\CCCCCCC)OC(=O)CCCCCCCCCCCCC/C=C\CCCCCCCCCC. The highest BCUT2D eigenvalue weighted by atomic mass is 16.6. The maximum atomic E-state index is 13.0. The van der Waals surface area contributed by atoms with Gasteiger partial charge in [-0.2, -0.15) is 0 Å². The highest BCUT2D eigenvalue weighted by Gasteiger charge is 2.19. The highest BCUT2D eigenvalue weighted by molar-refractivity contribution is 5.72. The summed E-state index contributed by atoms with van der Waals surface area (Å²) in [5, 5.41) is 0. The van der Waals surface area contributed by atoms with Gasteiger partial charge < -0.3 is 14.2 Å².